The van der Waals surface area contributed by atoms with Crippen LogP contribution in [0.25, 0.3) is 11.2 Å². The van der Waals surface area contributed by atoms with Gasteiger partial charge in [0.25, 0.3) is 0 Å². The zero-order valence-electron chi connectivity index (χ0n) is 9.17. The third kappa shape index (κ3) is 1.66. The fourth-order valence-electron chi connectivity index (χ4n) is 1.80. The van der Waals surface area contributed by atoms with E-state index in [0.29, 0.717) is 11.3 Å². The fourth-order valence-corrected chi connectivity index (χ4v) is 2.05. The van der Waals surface area contributed by atoms with Crippen molar-refractivity contribution < 1.29 is 4.52 Å². The number of hydrogen-bond donors (Lipinski definition) is 1. The Bertz CT molecular complexity index is 711. The first-order valence-corrected chi connectivity index (χ1v) is 5.60. The lowest BCUT2D eigenvalue weighted by Gasteiger charge is -2.00. The molecule has 3 aromatic rings. The second kappa shape index (κ2) is 3.81. The van der Waals surface area contributed by atoms with Crippen molar-refractivity contribution in [1.29, 1.82) is 0 Å². The number of rotatable bonds is 2. The maximum atomic E-state index is 5.29. The summed E-state index contributed by atoms with van der Waals surface area (Å²) in [5, 5.41) is 3.88. The molecule has 0 aliphatic rings. The molecule has 0 amide bonds. The van der Waals surface area contributed by atoms with E-state index in [4.69, 9.17) is 16.7 Å². The number of nitrogens with zero attached hydrogens (tertiary/aromatic N) is 3. The van der Waals surface area contributed by atoms with E-state index in [-0.39, 0.29) is 0 Å². The van der Waals surface area contributed by atoms with Gasteiger partial charge in [-0.15, -0.1) is 0 Å². The molecule has 3 rings (SSSR count). The molecule has 0 radical (unpaired) electrons. The first kappa shape index (κ1) is 10.2. The zero-order valence-corrected chi connectivity index (χ0v) is 9.99. The summed E-state index contributed by atoms with van der Waals surface area (Å²) in [6.07, 6.45) is 3.33. The van der Waals surface area contributed by atoms with Gasteiger partial charge in [-0.05, 0) is 30.8 Å². The molecule has 0 aliphatic carbocycles. The molecule has 3 aromatic heterocycles. The Morgan fingerprint density at radius 3 is 3.12 bits per heavy atom. The Hall–Kier alpha value is -1.95. The molecular weight excluding hydrogens is 236 g/mol. The molecule has 0 fully saturated rings. The average Bonchev–Trinajstić information content (AvgIpc) is 2.91. The number of fused-ring (bicyclic) bond motifs is 1. The van der Waals surface area contributed by atoms with Crippen molar-refractivity contribution in [3.8, 4) is 0 Å². The van der Waals surface area contributed by atoms with Crippen LogP contribution in [0.1, 0.15) is 11.3 Å². The highest BCUT2D eigenvalue weighted by atomic mass is 32.1. The summed E-state index contributed by atoms with van der Waals surface area (Å²) in [5.74, 6) is 0. The van der Waals surface area contributed by atoms with Crippen LogP contribution in [-0.2, 0) is 6.54 Å². The maximum Gasteiger partial charge on any atom is 0.179 e. The van der Waals surface area contributed by atoms with Crippen LogP contribution in [0.3, 0.4) is 0 Å². The molecule has 0 bridgehead atoms. The first-order valence-electron chi connectivity index (χ1n) is 5.19. The van der Waals surface area contributed by atoms with Crippen LogP contribution in [0.15, 0.2) is 29.1 Å². The van der Waals surface area contributed by atoms with E-state index in [1.165, 1.54) is 0 Å². The van der Waals surface area contributed by atoms with Gasteiger partial charge in [0.15, 0.2) is 10.4 Å². The standard InChI is InChI=1S/C11H10N4OS/c1-7-2-4-12-10-9(7)13-11(17)15(10)6-8-3-5-16-14-8/h2-5H,6H2,1H3,(H,13,17). The van der Waals surface area contributed by atoms with Crippen LogP contribution >= 0.6 is 12.2 Å². The Morgan fingerprint density at radius 2 is 2.35 bits per heavy atom. The second-order valence-corrected chi connectivity index (χ2v) is 4.22. The normalized spacial score (nSPS) is 11.1. The van der Waals surface area contributed by atoms with Crippen molar-refractivity contribution in [3.63, 3.8) is 0 Å². The van der Waals surface area contributed by atoms with E-state index >= 15 is 0 Å². The third-order valence-electron chi connectivity index (χ3n) is 2.68. The van der Waals surface area contributed by atoms with Gasteiger partial charge in [0.2, 0.25) is 0 Å². The van der Waals surface area contributed by atoms with E-state index in [1.807, 2.05) is 23.6 Å². The predicted molar refractivity (Wildman–Crippen MR) is 65.3 cm³/mol. The summed E-state index contributed by atoms with van der Waals surface area (Å²) in [6, 6.07) is 3.77. The van der Waals surface area contributed by atoms with E-state index in [2.05, 4.69) is 15.1 Å². The molecule has 1 N–H and O–H groups in total. The molecule has 0 atom stereocenters. The monoisotopic (exact) mass is 246 g/mol. The van der Waals surface area contributed by atoms with Crippen molar-refractivity contribution in [3.05, 3.63) is 40.6 Å². The molecule has 0 aromatic carbocycles. The third-order valence-corrected chi connectivity index (χ3v) is 3.01. The second-order valence-electron chi connectivity index (χ2n) is 3.83. The van der Waals surface area contributed by atoms with Crippen LogP contribution in [0, 0.1) is 11.7 Å². The van der Waals surface area contributed by atoms with Gasteiger partial charge in [-0.2, -0.15) is 0 Å². The summed E-state index contributed by atoms with van der Waals surface area (Å²) >= 11 is 5.29. The van der Waals surface area contributed by atoms with Crippen molar-refractivity contribution in [2.45, 2.75) is 13.5 Å². The van der Waals surface area contributed by atoms with Gasteiger partial charge in [-0.3, -0.25) is 4.57 Å². The van der Waals surface area contributed by atoms with Crippen LogP contribution in [0.5, 0.6) is 0 Å². The van der Waals surface area contributed by atoms with Crippen LogP contribution in [-0.4, -0.2) is 19.7 Å². The minimum atomic E-state index is 0.561. The molecular formula is C11H10N4OS. The lowest BCUT2D eigenvalue weighted by molar-refractivity contribution is 0.410. The molecule has 6 heteroatoms. The van der Waals surface area contributed by atoms with Crippen LogP contribution in [0.4, 0.5) is 0 Å². The first-order chi connectivity index (χ1) is 8.25. The Labute approximate surface area is 102 Å². The number of nitrogens with one attached hydrogen (secondary N) is 1. The number of aromatic nitrogens is 4. The Balaban J connectivity index is 2.19. The van der Waals surface area contributed by atoms with Crippen LogP contribution < -0.4 is 0 Å². The SMILES string of the molecule is Cc1ccnc2c1[nH]c(=S)n2Cc1ccon1. The maximum absolute atomic E-state index is 5.29. The highest BCUT2D eigenvalue weighted by Gasteiger charge is 2.09. The molecule has 3 heterocycles. The van der Waals surface area contributed by atoms with Crippen LogP contribution in [0.2, 0.25) is 0 Å². The van der Waals surface area contributed by atoms with E-state index in [0.717, 1.165) is 22.4 Å². The molecule has 0 spiro atoms. The Kier molecular flexibility index (Phi) is 2.29. The van der Waals surface area contributed by atoms with E-state index in [1.54, 1.807) is 12.5 Å². The van der Waals surface area contributed by atoms with E-state index < -0.39 is 0 Å². The summed E-state index contributed by atoms with van der Waals surface area (Å²) in [5.41, 5.74) is 3.77. The number of hydrogen-bond acceptors (Lipinski definition) is 4. The molecule has 5 nitrogen and oxygen atoms in total. The Morgan fingerprint density at radius 1 is 1.47 bits per heavy atom. The topological polar surface area (TPSA) is 59.6 Å². The summed E-state index contributed by atoms with van der Waals surface area (Å²) < 4.78 is 7.37. The number of pyridine rings is 1. The van der Waals surface area contributed by atoms with Gasteiger partial charge in [0.1, 0.15) is 12.0 Å². The van der Waals surface area contributed by atoms with Gasteiger partial charge in [0, 0.05) is 12.3 Å². The minimum Gasteiger partial charge on any atom is -0.364 e. The number of aromatic amines is 1. The van der Waals surface area contributed by atoms with Crippen molar-refractivity contribution >= 4 is 23.4 Å². The molecule has 0 unspecified atom stereocenters. The largest absolute Gasteiger partial charge is 0.364 e. The van der Waals surface area contributed by atoms with Gasteiger partial charge in [-0.1, -0.05) is 5.16 Å². The summed E-state index contributed by atoms with van der Waals surface area (Å²) in [4.78, 5) is 7.51. The fraction of sp³-hybridized carbons (Fsp3) is 0.182. The van der Waals surface area contributed by atoms with Gasteiger partial charge >= 0.3 is 0 Å². The van der Waals surface area contributed by atoms with Gasteiger partial charge < -0.3 is 9.51 Å². The highest BCUT2D eigenvalue weighted by molar-refractivity contribution is 7.71. The number of aryl methyl sites for hydroxylation is 1. The molecule has 17 heavy (non-hydrogen) atoms. The number of imidazole rings is 1. The smallest absolute Gasteiger partial charge is 0.179 e. The summed E-state index contributed by atoms with van der Waals surface area (Å²) in [7, 11) is 0. The van der Waals surface area contributed by atoms with Gasteiger partial charge in [0.05, 0.1) is 12.1 Å². The zero-order chi connectivity index (χ0) is 11.8. The van der Waals surface area contributed by atoms with Crippen molar-refractivity contribution in [2.75, 3.05) is 0 Å². The quantitative estimate of drug-likeness (QED) is 0.705. The van der Waals surface area contributed by atoms with E-state index in [9.17, 15) is 0 Å². The molecule has 0 saturated carbocycles. The van der Waals surface area contributed by atoms with Crippen molar-refractivity contribution in [2.24, 2.45) is 0 Å². The molecule has 0 saturated heterocycles. The van der Waals surface area contributed by atoms with Gasteiger partial charge in [-0.25, -0.2) is 4.98 Å². The molecule has 86 valence electrons. The highest BCUT2D eigenvalue weighted by Crippen LogP contribution is 2.16. The molecule has 0 aliphatic heterocycles. The number of H-pyrrole nitrogens is 1. The lowest BCUT2D eigenvalue weighted by Crippen LogP contribution is -2.00. The summed E-state index contributed by atoms with van der Waals surface area (Å²) in [6.45, 7) is 2.58. The predicted octanol–water partition coefficient (Wildman–Crippen LogP) is 2.44. The lowest BCUT2D eigenvalue weighted by atomic mass is 10.3. The average molecular weight is 246 g/mol. The van der Waals surface area contributed by atoms with Crippen molar-refractivity contribution in [1.82, 2.24) is 19.7 Å². The minimum absolute atomic E-state index is 0.561.